The van der Waals surface area contributed by atoms with E-state index in [0.29, 0.717) is 6.42 Å². The first-order valence-corrected chi connectivity index (χ1v) is 9.91. The van der Waals surface area contributed by atoms with Gasteiger partial charge in [0.25, 0.3) is 0 Å². The molecule has 0 saturated heterocycles. The molecule has 0 heterocycles. The van der Waals surface area contributed by atoms with Crippen LogP contribution in [0.25, 0.3) is 0 Å². The maximum absolute atomic E-state index is 11.8. The average molecular weight is 349 g/mol. The Labute approximate surface area is 153 Å². The number of nitrogens with one attached hydrogen (secondary N) is 1. The molecule has 1 aromatic carbocycles. The molecule has 1 rings (SSSR count). The highest BCUT2D eigenvalue weighted by Gasteiger charge is 2.08. The Balaban J connectivity index is 1.94. The molecule has 1 aromatic rings. The molecule has 0 saturated carbocycles. The minimum absolute atomic E-state index is 0.103. The quantitative estimate of drug-likeness (QED) is 0.488. The topological polar surface area (TPSA) is 52.6 Å². The lowest BCUT2D eigenvalue weighted by Crippen LogP contribution is -2.32. The lowest BCUT2D eigenvalue weighted by atomic mass is 10.1. The monoisotopic (exact) mass is 348 g/mol. The summed E-state index contributed by atoms with van der Waals surface area (Å²) < 4.78 is 0. The highest BCUT2D eigenvalue weighted by Crippen LogP contribution is 2.12. The Hall–Kier alpha value is -1.39. The molecule has 0 aliphatic heterocycles. The number of hydrogen-bond acceptors (Lipinski definition) is 3. The maximum Gasteiger partial charge on any atom is 0.224 e. The Morgan fingerprint density at radius 2 is 1.60 bits per heavy atom. The van der Waals surface area contributed by atoms with Crippen molar-refractivity contribution in [3.63, 3.8) is 0 Å². The van der Waals surface area contributed by atoms with Gasteiger partial charge in [-0.25, -0.2) is 0 Å². The molecule has 1 amide bonds. The summed E-state index contributed by atoms with van der Waals surface area (Å²) in [5.74, 6) is 0.103. The second-order valence-electron chi connectivity index (χ2n) is 6.71. The van der Waals surface area contributed by atoms with E-state index in [9.17, 15) is 9.90 Å². The number of aliphatic hydroxyl groups is 1. The summed E-state index contributed by atoms with van der Waals surface area (Å²) >= 11 is 0. The maximum atomic E-state index is 11.8. The summed E-state index contributed by atoms with van der Waals surface area (Å²) in [7, 11) is 0. The molecule has 0 aliphatic carbocycles. The van der Waals surface area contributed by atoms with Crippen LogP contribution in [0, 0.1) is 0 Å². The Kier molecular flexibility index (Phi) is 12.0. The van der Waals surface area contributed by atoms with Gasteiger partial charge in [-0.15, -0.1) is 0 Å². The highest BCUT2D eigenvalue weighted by molar-refractivity contribution is 5.90. The number of carbonyl (C=O) groups excluding carboxylic acids is 1. The Morgan fingerprint density at radius 3 is 2.24 bits per heavy atom. The summed E-state index contributed by atoms with van der Waals surface area (Å²) in [6, 6.07) is 9.61. The van der Waals surface area contributed by atoms with E-state index in [-0.39, 0.29) is 12.0 Å². The fraction of sp³-hybridized carbons (Fsp3) is 0.667. The van der Waals surface area contributed by atoms with Gasteiger partial charge in [0, 0.05) is 18.7 Å². The van der Waals surface area contributed by atoms with Crippen LogP contribution in [0.3, 0.4) is 0 Å². The fourth-order valence-electron chi connectivity index (χ4n) is 2.99. The van der Waals surface area contributed by atoms with Gasteiger partial charge in [-0.05, 0) is 38.1 Å². The summed E-state index contributed by atoms with van der Waals surface area (Å²) in [4.78, 5) is 14.1. The zero-order valence-corrected chi connectivity index (χ0v) is 16.0. The third kappa shape index (κ3) is 11.0. The summed E-state index contributed by atoms with van der Waals surface area (Å²) in [5.41, 5.74) is 0.871. The number of hydrogen-bond donors (Lipinski definition) is 2. The van der Waals surface area contributed by atoms with Crippen LogP contribution in [0.15, 0.2) is 30.3 Å². The van der Waals surface area contributed by atoms with Gasteiger partial charge in [-0.1, -0.05) is 64.2 Å². The smallest absolute Gasteiger partial charge is 0.224 e. The van der Waals surface area contributed by atoms with Crippen molar-refractivity contribution >= 4 is 11.6 Å². The van der Waals surface area contributed by atoms with E-state index in [0.717, 1.165) is 51.0 Å². The van der Waals surface area contributed by atoms with Crippen LogP contribution in [-0.4, -0.2) is 41.7 Å². The van der Waals surface area contributed by atoms with Gasteiger partial charge in [0.1, 0.15) is 0 Å². The van der Waals surface area contributed by atoms with Crippen molar-refractivity contribution in [2.24, 2.45) is 0 Å². The number of rotatable bonds is 14. The van der Waals surface area contributed by atoms with Crippen LogP contribution in [0.4, 0.5) is 5.69 Å². The van der Waals surface area contributed by atoms with Crippen LogP contribution < -0.4 is 5.32 Å². The lowest BCUT2D eigenvalue weighted by Gasteiger charge is -2.21. The van der Waals surface area contributed by atoms with Crippen molar-refractivity contribution in [2.45, 2.75) is 71.3 Å². The van der Waals surface area contributed by atoms with Gasteiger partial charge in [0.15, 0.2) is 0 Å². The molecule has 0 spiro atoms. The standard InChI is InChI=1S/C21H36N2O2/c1-3-23(4-2)18-20(24)16-12-7-5-6-8-13-17-21(25)22-19-14-10-9-11-15-19/h9-11,14-15,20,24H,3-8,12-13,16-18H2,1-2H3,(H,22,25). The van der Waals surface area contributed by atoms with E-state index in [1.165, 1.54) is 19.3 Å². The molecular formula is C21H36N2O2. The molecule has 1 unspecified atom stereocenters. The Bertz CT molecular complexity index is 446. The van der Waals surface area contributed by atoms with Crippen molar-refractivity contribution < 1.29 is 9.90 Å². The van der Waals surface area contributed by atoms with Gasteiger partial charge < -0.3 is 15.3 Å². The first-order chi connectivity index (χ1) is 12.2. The van der Waals surface area contributed by atoms with Crippen LogP contribution in [0.5, 0.6) is 0 Å². The van der Waals surface area contributed by atoms with Crippen molar-refractivity contribution in [3.8, 4) is 0 Å². The number of aliphatic hydroxyl groups excluding tert-OH is 1. The van der Waals surface area contributed by atoms with E-state index in [1.54, 1.807) is 0 Å². The number of para-hydroxylation sites is 1. The molecule has 25 heavy (non-hydrogen) atoms. The minimum Gasteiger partial charge on any atom is -0.392 e. The second-order valence-corrected chi connectivity index (χ2v) is 6.71. The second kappa shape index (κ2) is 13.9. The van der Waals surface area contributed by atoms with Gasteiger partial charge in [0.05, 0.1) is 6.10 Å². The molecule has 0 radical (unpaired) electrons. The molecule has 0 aliphatic rings. The molecule has 142 valence electrons. The molecule has 0 bridgehead atoms. The average Bonchev–Trinajstić information content (AvgIpc) is 2.62. The van der Waals surface area contributed by atoms with E-state index in [2.05, 4.69) is 24.1 Å². The minimum atomic E-state index is -0.193. The molecule has 4 nitrogen and oxygen atoms in total. The van der Waals surface area contributed by atoms with Crippen molar-refractivity contribution in [1.82, 2.24) is 4.90 Å². The summed E-state index contributed by atoms with van der Waals surface area (Å²) in [6.45, 7) is 7.08. The van der Waals surface area contributed by atoms with Gasteiger partial charge in [-0.3, -0.25) is 4.79 Å². The lowest BCUT2D eigenvalue weighted by molar-refractivity contribution is -0.116. The van der Waals surface area contributed by atoms with Crippen LogP contribution in [0.1, 0.15) is 65.2 Å². The molecule has 0 fully saturated rings. The molecular weight excluding hydrogens is 312 g/mol. The molecule has 2 N–H and O–H groups in total. The summed E-state index contributed by atoms with van der Waals surface area (Å²) in [6.07, 6.45) is 7.98. The first kappa shape index (κ1) is 21.7. The van der Waals surface area contributed by atoms with Gasteiger partial charge in [-0.2, -0.15) is 0 Å². The van der Waals surface area contributed by atoms with E-state index in [4.69, 9.17) is 0 Å². The molecule has 4 heteroatoms. The number of carbonyl (C=O) groups is 1. The van der Waals surface area contributed by atoms with Crippen LogP contribution in [0.2, 0.25) is 0 Å². The normalized spacial score (nSPS) is 12.3. The van der Waals surface area contributed by atoms with Crippen LogP contribution >= 0.6 is 0 Å². The van der Waals surface area contributed by atoms with E-state index >= 15 is 0 Å². The Morgan fingerprint density at radius 1 is 1.00 bits per heavy atom. The summed E-state index contributed by atoms with van der Waals surface area (Å²) in [5, 5.41) is 12.9. The largest absolute Gasteiger partial charge is 0.392 e. The number of unbranched alkanes of at least 4 members (excludes halogenated alkanes) is 5. The van der Waals surface area contributed by atoms with Crippen molar-refractivity contribution in [1.29, 1.82) is 0 Å². The number of benzene rings is 1. The predicted molar refractivity (Wildman–Crippen MR) is 106 cm³/mol. The molecule has 1 atom stereocenters. The first-order valence-electron chi connectivity index (χ1n) is 9.91. The number of nitrogens with zero attached hydrogens (tertiary/aromatic N) is 1. The van der Waals surface area contributed by atoms with E-state index < -0.39 is 0 Å². The van der Waals surface area contributed by atoms with Gasteiger partial charge >= 0.3 is 0 Å². The third-order valence-corrected chi connectivity index (χ3v) is 4.61. The van der Waals surface area contributed by atoms with Crippen molar-refractivity contribution in [2.75, 3.05) is 25.0 Å². The third-order valence-electron chi connectivity index (χ3n) is 4.61. The highest BCUT2D eigenvalue weighted by atomic mass is 16.3. The number of anilines is 1. The zero-order chi connectivity index (χ0) is 18.3. The van der Waals surface area contributed by atoms with Crippen molar-refractivity contribution in [3.05, 3.63) is 30.3 Å². The molecule has 0 aromatic heterocycles. The predicted octanol–water partition coefficient (Wildman–Crippen LogP) is 4.45. The fourth-order valence-corrected chi connectivity index (χ4v) is 2.99. The SMILES string of the molecule is CCN(CC)CC(O)CCCCCCCCC(=O)Nc1ccccc1. The van der Waals surface area contributed by atoms with Crippen LogP contribution in [-0.2, 0) is 4.79 Å². The van der Waals surface area contributed by atoms with E-state index in [1.807, 2.05) is 30.3 Å². The number of amides is 1. The van der Waals surface area contributed by atoms with Gasteiger partial charge in [0.2, 0.25) is 5.91 Å². The number of likely N-dealkylation sites (N-methyl/N-ethyl adjacent to an activating group) is 1. The zero-order valence-electron chi connectivity index (χ0n) is 16.0.